The van der Waals surface area contributed by atoms with Crippen molar-refractivity contribution in [3.05, 3.63) is 11.8 Å². The first-order chi connectivity index (χ1) is 9.19. The minimum absolute atomic E-state index is 0.101. The van der Waals surface area contributed by atoms with E-state index < -0.39 is 0 Å². The molecule has 19 heavy (non-hydrogen) atoms. The van der Waals surface area contributed by atoms with E-state index in [1.807, 2.05) is 19.9 Å². The van der Waals surface area contributed by atoms with Crippen molar-refractivity contribution >= 4 is 5.95 Å². The summed E-state index contributed by atoms with van der Waals surface area (Å²) in [4.78, 5) is 8.71. The SMILES string of the molecule is CCOc1cc(C)nc(NC2C(N)C3CCOC32)n1. The lowest BCUT2D eigenvalue weighted by Gasteiger charge is -2.45. The summed E-state index contributed by atoms with van der Waals surface area (Å²) in [6.07, 6.45) is 1.26. The fourth-order valence-electron chi connectivity index (χ4n) is 2.90. The van der Waals surface area contributed by atoms with E-state index in [2.05, 4.69) is 15.3 Å². The Kier molecular flexibility index (Phi) is 3.28. The number of aryl methyl sites for hydroxylation is 1. The summed E-state index contributed by atoms with van der Waals surface area (Å²) >= 11 is 0. The number of aromatic nitrogens is 2. The lowest BCUT2D eigenvalue weighted by molar-refractivity contribution is 0.00506. The van der Waals surface area contributed by atoms with E-state index in [4.69, 9.17) is 15.2 Å². The largest absolute Gasteiger partial charge is 0.478 e. The molecule has 1 aromatic heterocycles. The van der Waals surface area contributed by atoms with E-state index in [9.17, 15) is 0 Å². The van der Waals surface area contributed by atoms with Crippen LogP contribution in [0.5, 0.6) is 5.88 Å². The van der Waals surface area contributed by atoms with Crippen molar-refractivity contribution in [2.75, 3.05) is 18.5 Å². The van der Waals surface area contributed by atoms with E-state index >= 15 is 0 Å². The number of hydrogen-bond acceptors (Lipinski definition) is 6. The number of nitrogens with one attached hydrogen (secondary N) is 1. The molecule has 6 nitrogen and oxygen atoms in total. The summed E-state index contributed by atoms with van der Waals surface area (Å²) in [6, 6.07) is 2.04. The highest BCUT2D eigenvalue weighted by Crippen LogP contribution is 2.39. The maximum absolute atomic E-state index is 6.16. The van der Waals surface area contributed by atoms with Crippen LogP contribution in [0.25, 0.3) is 0 Å². The Bertz CT molecular complexity index is 468. The highest BCUT2D eigenvalue weighted by atomic mass is 16.5. The van der Waals surface area contributed by atoms with Gasteiger partial charge < -0.3 is 20.5 Å². The molecule has 2 heterocycles. The molecule has 0 spiro atoms. The maximum Gasteiger partial charge on any atom is 0.226 e. The standard InChI is InChI=1S/C13H20N4O2/c1-3-18-9-6-7(2)15-13(16-9)17-11-10(14)8-4-5-19-12(8)11/h6,8,10-12H,3-5,14H2,1-2H3,(H,15,16,17). The zero-order chi connectivity index (χ0) is 13.4. The van der Waals surface area contributed by atoms with Gasteiger partial charge in [-0.05, 0) is 20.3 Å². The van der Waals surface area contributed by atoms with Crippen LogP contribution in [-0.4, -0.2) is 41.4 Å². The van der Waals surface area contributed by atoms with Gasteiger partial charge in [0.1, 0.15) is 0 Å². The van der Waals surface area contributed by atoms with Gasteiger partial charge in [-0.2, -0.15) is 4.98 Å². The highest BCUT2D eigenvalue weighted by Gasteiger charge is 2.52. The van der Waals surface area contributed by atoms with Gasteiger partial charge in [0, 0.05) is 30.3 Å². The van der Waals surface area contributed by atoms with E-state index in [1.54, 1.807) is 0 Å². The minimum atomic E-state index is 0.101. The molecule has 0 radical (unpaired) electrons. The molecule has 3 rings (SSSR count). The number of hydrogen-bond donors (Lipinski definition) is 2. The van der Waals surface area contributed by atoms with Crippen LogP contribution in [0.1, 0.15) is 19.0 Å². The number of ether oxygens (including phenoxy) is 2. The molecular weight excluding hydrogens is 244 g/mol. The fraction of sp³-hybridized carbons (Fsp3) is 0.692. The summed E-state index contributed by atoms with van der Waals surface area (Å²) in [5, 5.41) is 3.29. The quantitative estimate of drug-likeness (QED) is 0.833. The highest BCUT2D eigenvalue weighted by molar-refractivity contribution is 5.35. The normalized spacial score (nSPS) is 32.6. The molecule has 1 aliphatic heterocycles. The summed E-state index contributed by atoms with van der Waals surface area (Å²) in [5.41, 5.74) is 7.03. The third-order valence-corrected chi connectivity index (χ3v) is 3.87. The first-order valence-corrected chi connectivity index (χ1v) is 6.81. The molecule has 1 aliphatic carbocycles. The van der Waals surface area contributed by atoms with Gasteiger partial charge in [-0.3, -0.25) is 0 Å². The molecule has 0 bridgehead atoms. The first kappa shape index (κ1) is 12.6. The Morgan fingerprint density at radius 3 is 3.16 bits per heavy atom. The first-order valence-electron chi connectivity index (χ1n) is 6.81. The molecule has 2 fully saturated rings. The predicted molar refractivity (Wildman–Crippen MR) is 71.2 cm³/mol. The number of nitrogens with zero attached hydrogens (tertiary/aromatic N) is 2. The van der Waals surface area contributed by atoms with Crippen LogP contribution in [0.4, 0.5) is 5.95 Å². The minimum Gasteiger partial charge on any atom is -0.478 e. The predicted octanol–water partition coefficient (Wildman–Crippen LogP) is 0.710. The molecule has 0 aromatic carbocycles. The van der Waals surface area contributed by atoms with Crippen LogP contribution in [0.15, 0.2) is 6.07 Å². The topological polar surface area (TPSA) is 82.3 Å². The van der Waals surface area contributed by atoms with Crippen molar-refractivity contribution in [2.45, 2.75) is 38.5 Å². The van der Waals surface area contributed by atoms with Crippen LogP contribution in [0.2, 0.25) is 0 Å². The van der Waals surface area contributed by atoms with Crippen molar-refractivity contribution in [3.63, 3.8) is 0 Å². The zero-order valence-electron chi connectivity index (χ0n) is 11.3. The van der Waals surface area contributed by atoms with Gasteiger partial charge in [0.05, 0.1) is 18.8 Å². The van der Waals surface area contributed by atoms with Gasteiger partial charge >= 0.3 is 0 Å². The number of rotatable bonds is 4. The number of anilines is 1. The van der Waals surface area contributed by atoms with Gasteiger partial charge in [-0.25, -0.2) is 4.98 Å². The van der Waals surface area contributed by atoms with Crippen molar-refractivity contribution in [2.24, 2.45) is 11.7 Å². The Morgan fingerprint density at radius 2 is 2.37 bits per heavy atom. The van der Waals surface area contributed by atoms with Crippen LogP contribution in [0, 0.1) is 12.8 Å². The van der Waals surface area contributed by atoms with Gasteiger partial charge in [-0.15, -0.1) is 0 Å². The number of nitrogens with two attached hydrogens (primary N) is 1. The Hall–Kier alpha value is -1.40. The maximum atomic E-state index is 6.16. The molecule has 1 saturated carbocycles. The Balaban J connectivity index is 1.72. The molecule has 1 saturated heterocycles. The second kappa shape index (κ2) is 4.94. The Labute approximate surface area is 112 Å². The van der Waals surface area contributed by atoms with Gasteiger partial charge in [0.25, 0.3) is 0 Å². The summed E-state index contributed by atoms with van der Waals surface area (Å²) in [5.74, 6) is 1.64. The smallest absolute Gasteiger partial charge is 0.226 e. The van der Waals surface area contributed by atoms with Gasteiger partial charge in [-0.1, -0.05) is 0 Å². The summed E-state index contributed by atoms with van der Waals surface area (Å²) < 4.78 is 11.1. The van der Waals surface area contributed by atoms with E-state index in [0.29, 0.717) is 24.4 Å². The Morgan fingerprint density at radius 1 is 1.53 bits per heavy atom. The zero-order valence-corrected chi connectivity index (χ0v) is 11.3. The molecule has 1 aromatic rings. The molecule has 3 N–H and O–H groups in total. The van der Waals surface area contributed by atoms with Crippen molar-refractivity contribution in [1.82, 2.24) is 9.97 Å². The van der Waals surface area contributed by atoms with Crippen molar-refractivity contribution in [1.29, 1.82) is 0 Å². The van der Waals surface area contributed by atoms with Gasteiger partial charge in [0.2, 0.25) is 11.8 Å². The van der Waals surface area contributed by atoms with Crippen molar-refractivity contribution in [3.8, 4) is 5.88 Å². The van der Waals surface area contributed by atoms with Gasteiger partial charge in [0.15, 0.2) is 0 Å². The average Bonchev–Trinajstić information content (AvgIpc) is 2.80. The molecule has 6 heteroatoms. The van der Waals surface area contributed by atoms with Crippen molar-refractivity contribution < 1.29 is 9.47 Å². The van der Waals surface area contributed by atoms with Crippen LogP contribution < -0.4 is 15.8 Å². The molecule has 4 atom stereocenters. The summed E-state index contributed by atoms with van der Waals surface area (Å²) in [7, 11) is 0. The van der Waals surface area contributed by atoms with E-state index in [1.165, 1.54) is 0 Å². The monoisotopic (exact) mass is 264 g/mol. The van der Waals surface area contributed by atoms with Crippen LogP contribution in [-0.2, 0) is 4.74 Å². The molecule has 0 amide bonds. The van der Waals surface area contributed by atoms with E-state index in [-0.39, 0.29) is 18.2 Å². The molecule has 4 unspecified atom stereocenters. The second-order valence-corrected chi connectivity index (χ2v) is 5.14. The third kappa shape index (κ3) is 2.26. The fourth-order valence-corrected chi connectivity index (χ4v) is 2.90. The summed E-state index contributed by atoms with van der Waals surface area (Å²) in [6.45, 7) is 5.25. The van der Waals surface area contributed by atoms with E-state index in [0.717, 1.165) is 18.7 Å². The average molecular weight is 264 g/mol. The molecular formula is C13H20N4O2. The molecule has 2 aliphatic rings. The number of fused-ring (bicyclic) bond motifs is 1. The lowest BCUT2D eigenvalue weighted by atomic mass is 9.72. The second-order valence-electron chi connectivity index (χ2n) is 5.14. The van der Waals surface area contributed by atoms with Crippen LogP contribution in [0.3, 0.4) is 0 Å². The van der Waals surface area contributed by atoms with Crippen LogP contribution >= 0.6 is 0 Å². The molecule has 104 valence electrons. The third-order valence-electron chi connectivity index (χ3n) is 3.87. The lowest BCUT2D eigenvalue weighted by Crippen LogP contribution is -2.65.